The van der Waals surface area contributed by atoms with Gasteiger partial charge in [0.05, 0.1) is 25.4 Å². The van der Waals surface area contributed by atoms with Gasteiger partial charge in [-0.05, 0) is 50.1 Å². The van der Waals surface area contributed by atoms with Gasteiger partial charge in [-0.25, -0.2) is 0 Å². The minimum atomic E-state index is -2.04. The predicted octanol–water partition coefficient (Wildman–Crippen LogP) is 2.91. The molecule has 4 atom stereocenters. The van der Waals surface area contributed by atoms with Crippen LogP contribution in [0.2, 0.25) is 37.3 Å². The third-order valence-electron chi connectivity index (χ3n) is 5.15. The molecule has 4 unspecified atom stereocenters. The van der Waals surface area contributed by atoms with Crippen molar-refractivity contribution < 1.29 is 23.2 Å². The second-order valence-corrected chi connectivity index (χ2v) is 16.8. The number of aldehydes is 2. The van der Waals surface area contributed by atoms with E-state index in [0.717, 1.165) is 38.6 Å². The molecule has 23 heavy (non-hydrogen) atoms. The Morgan fingerprint density at radius 1 is 0.913 bits per heavy atom. The van der Waals surface area contributed by atoms with Crippen molar-refractivity contribution in [1.29, 1.82) is 0 Å². The highest BCUT2D eigenvalue weighted by molar-refractivity contribution is 6.86. The van der Waals surface area contributed by atoms with E-state index in [4.69, 9.17) is 13.6 Å². The summed E-state index contributed by atoms with van der Waals surface area (Å²) >= 11 is 0. The molecule has 0 spiro atoms. The van der Waals surface area contributed by atoms with Gasteiger partial charge in [-0.15, -0.1) is 0 Å². The fraction of sp³-hybridized carbons (Fsp3) is 0.875. The number of carbonyl (C=O) groups is 2. The average molecular weight is 359 g/mol. The van der Waals surface area contributed by atoms with Gasteiger partial charge in [-0.3, -0.25) is 0 Å². The van der Waals surface area contributed by atoms with Gasteiger partial charge < -0.3 is 23.2 Å². The Morgan fingerprint density at radius 2 is 1.26 bits per heavy atom. The van der Waals surface area contributed by atoms with E-state index in [9.17, 15) is 9.59 Å². The molecule has 0 saturated carbocycles. The van der Waals surface area contributed by atoms with E-state index in [1.165, 1.54) is 0 Å². The Balaban J connectivity index is 2.03. The summed E-state index contributed by atoms with van der Waals surface area (Å²) in [5.41, 5.74) is 0.571. The summed E-state index contributed by atoms with van der Waals surface area (Å²) in [6, 6.07) is 0. The summed E-state index contributed by atoms with van der Waals surface area (Å²) in [7, 11) is -4.08. The number of carbonyl (C=O) groups excluding carboxylic acids is 2. The molecule has 0 aromatic carbocycles. The van der Waals surface area contributed by atoms with Crippen molar-refractivity contribution in [1.82, 2.24) is 0 Å². The topological polar surface area (TPSA) is 68.4 Å². The Morgan fingerprint density at radius 3 is 1.52 bits per heavy atom. The summed E-state index contributed by atoms with van der Waals surface area (Å²) in [5.74, 6) is 0. The normalized spacial score (nSPS) is 26.4. The maximum Gasteiger partial charge on any atom is 0.177 e. The minimum Gasteiger partial charge on any atom is -0.455 e. The number of epoxide rings is 2. The van der Waals surface area contributed by atoms with Crippen LogP contribution in [0.4, 0.5) is 0 Å². The quantitative estimate of drug-likeness (QED) is 0.305. The Kier molecular flexibility index (Phi) is 6.35. The van der Waals surface area contributed by atoms with Crippen LogP contribution in [0.25, 0.3) is 0 Å². The number of hydrogen-bond donors (Lipinski definition) is 0. The maximum atomic E-state index is 11.1. The van der Waals surface area contributed by atoms with Crippen LogP contribution in [0, 0.1) is 0 Å². The number of rotatable bonds is 12. The van der Waals surface area contributed by atoms with E-state index < -0.39 is 16.6 Å². The molecule has 0 aromatic heterocycles. The number of ether oxygens (including phenoxy) is 2. The molecule has 2 rings (SSSR count). The molecule has 0 bridgehead atoms. The first kappa shape index (κ1) is 19.0. The smallest absolute Gasteiger partial charge is 0.177 e. The monoisotopic (exact) mass is 358 g/mol. The molecule has 132 valence electrons. The fourth-order valence-electron chi connectivity index (χ4n) is 3.45. The lowest BCUT2D eigenvalue weighted by Crippen LogP contribution is -2.50. The van der Waals surface area contributed by atoms with Gasteiger partial charge >= 0.3 is 0 Å². The highest BCUT2D eigenvalue weighted by atomic mass is 28.4. The first-order valence-electron chi connectivity index (χ1n) is 8.59. The summed E-state index contributed by atoms with van der Waals surface area (Å²) in [6.07, 6.45) is 5.60. The second-order valence-electron chi connectivity index (χ2n) is 7.89. The third-order valence-corrected chi connectivity index (χ3v) is 14.2. The van der Waals surface area contributed by atoms with Crippen LogP contribution in [0.15, 0.2) is 0 Å². The molecule has 5 nitrogen and oxygen atoms in total. The molecule has 0 aliphatic carbocycles. The zero-order chi connectivity index (χ0) is 17.1. The number of hydrogen-bond acceptors (Lipinski definition) is 5. The molecule has 7 heteroatoms. The van der Waals surface area contributed by atoms with E-state index >= 15 is 0 Å². The maximum absolute atomic E-state index is 11.1. The van der Waals surface area contributed by atoms with E-state index in [-0.39, 0.29) is 11.1 Å². The largest absolute Gasteiger partial charge is 0.455 e. The molecule has 2 aliphatic heterocycles. The molecule has 0 radical (unpaired) electrons. The zero-order valence-corrected chi connectivity index (χ0v) is 16.7. The Labute approximate surface area is 141 Å². The molecule has 2 fully saturated rings. The van der Waals surface area contributed by atoms with E-state index in [2.05, 4.69) is 26.2 Å². The lowest BCUT2D eigenvalue weighted by atomic mass is 10.2. The van der Waals surface area contributed by atoms with Crippen molar-refractivity contribution in [2.75, 3.05) is 13.2 Å². The van der Waals surface area contributed by atoms with Crippen LogP contribution in [-0.4, -0.2) is 54.6 Å². The summed E-state index contributed by atoms with van der Waals surface area (Å²) < 4.78 is 17.5. The second kappa shape index (κ2) is 7.69. The molecular formula is C16H30O5Si2. The molecule has 0 aromatic rings. The minimum absolute atomic E-state index is 0.285. The SMILES string of the molecule is C[Si](C)(O[Si](C)(C)C(CC=O)CC1CO1)C(CC=O)CC1CO1. The van der Waals surface area contributed by atoms with Crippen molar-refractivity contribution in [3.8, 4) is 0 Å². The average Bonchev–Trinajstić information content (AvgIpc) is 3.32. The third kappa shape index (κ3) is 5.90. The lowest BCUT2D eigenvalue weighted by molar-refractivity contribution is -0.108. The van der Waals surface area contributed by atoms with Crippen LogP contribution in [-0.2, 0) is 23.2 Å². The van der Waals surface area contributed by atoms with Crippen molar-refractivity contribution in [3.63, 3.8) is 0 Å². The van der Waals surface area contributed by atoms with Crippen molar-refractivity contribution in [3.05, 3.63) is 0 Å². The molecule has 2 saturated heterocycles. The lowest BCUT2D eigenvalue weighted by Gasteiger charge is -2.42. The summed E-state index contributed by atoms with van der Waals surface area (Å²) in [5, 5.41) is 0. The fourth-order valence-corrected chi connectivity index (χ4v) is 13.2. The molecule has 0 amide bonds. The highest BCUT2D eigenvalue weighted by Gasteiger charge is 2.45. The van der Waals surface area contributed by atoms with Crippen LogP contribution in [0.5, 0.6) is 0 Å². The van der Waals surface area contributed by atoms with Crippen molar-refractivity contribution >= 4 is 29.2 Å². The molecule has 0 N–H and O–H groups in total. The van der Waals surface area contributed by atoms with Gasteiger partial charge in [0.15, 0.2) is 16.6 Å². The highest BCUT2D eigenvalue weighted by Crippen LogP contribution is 2.41. The Hall–Kier alpha value is -0.346. The first-order chi connectivity index (χ1) is 10.8. The van der Waals surface area contributed by atoms with E-state index in [1.54, 1.807) is 0 Å². The standard InChI is InChI=1S/C16H30O5Si2/c1-22(2,15(5-7-17)9-13-11-19-13)21-23(3,4)16(6-8-18)10-14-12-20-14/h7-8,13-16H,5-6,9-12H2,1-4H3. The molecular weight excluding hydrogens is 328 g/mol. The summed E-state index contributed by atoms with van der Waals surface area (Å²) in [4.78, 5) is 22.2. The Bertz CT molecular complexity index is 381. The van der Waals surface area contributed by atoms with Crippen molar-refractivity contribution in [2.24, 2.45) is 0 Å². The zero-order valence-electron chi connectivity index (χ0n) is 14.7. The first-order valence-corrected chi connectivity index (χ1v) is 14.6. The van der Waals surface area contributed by atoms with Crippen LogP contribution in [0.1, 0.15) is 25.7 Å². The van der Waals surface area contributed by atoms with Gasteiger partial charge in [-0.1, -0.05) is 0 Å². The predicted molar refractivity (Wildman–Crippen MR) is 93.6 cm³/mol. The van der Waals surface area contributed by atoms with Gasteiger partial charge in [0.25, 0.3) is 0 Å². The van der Waals surface area contributed by atoms with Gasteiger partial charge in [0.1, 0.15) is 12.6 Å². The van der Waals surface area contributed by atoms with E-state index in [0.29, 0.717) is 25.0 Å². The van der Waals surface area contributed by atoms with Crippen LogP contribution in [0.3, 0.4) is 0 Å². The molecule has 2 heterocycles. The van der Waals surface area contributed by atoms with Gasteiger partial charge in [0, 0.05) is 12.8 Å². The van der Waals surface area contributed by atoms with Crippen LogP contribution < -0.4 is 0 Å². The van der Waals surface area contributed by atoms with Crippen molar-refractivity contribution in [2.45, 2.75) is 75.2 Å². The summed E-state index contributed by atoms with van der Waals surface area (Å²) in [6.45, 7) is 10.5. The van der Waals surface area contributed by atoms with Crippen LogP contribution >= 0.6 is 0 Å². The van der Waals surface area contributed by atoms with Gasteiger partial charge in [0.2, 0.25) is 0 Å². The van der Waals surface area contributed by atoms with E-state index in [1.807, 2.05) is 0 Å². The van der Waals surface area contributed by atoms with Gasteiger partial charge in [-0.2, -0.15) is 0 Å². The molecule has 2 aliphatic rings.